The van der Waals surface area contributed by atoms with Gasteiger partial charge >= 0.3 is 0 Å². The van der Waals surface area contributed by atoms with E-state index < -0.39 is 35.9 Å². The topological polar surface area (TPSA) is 111 Å². The third-order valence-electron chi connectivity index (χ3n) is 6.94. The zero-order chi connectivity index (χ0) is 21.1. The average Bonchev–Trinajstić information content (AvgIpc) is 2.68. The van der Waals surface area contributed by atoms with E-state index in [9.17, 15) is 20.1 Å². The number of hydrogen-bond acceptors (Lipinski definition) is 7. The normalized spacial score (nSPS) is 39.8. The standard InChI is InChI=1S/C21H38N2O5S/c1-11(2)15(19-17(25)16(24)18(26)21(28-19)29-3)23-20(27)14-10-13(7-8-22-14)9-12-5-4-6-12/h11-19,21-22,24-26H,4-10H2,1-3H3,(H,23,27). The number of rotatable bonds is 7. The lowest BCUT2D eigenvalue weighted by Crippen LogP contribution is -2.65. The van der Waals surface area contributed by atoms with Gasteiger partial charge in [0.1, 0.15) is 29.9 Å². The van der Waals surface area contributed by atoms with Gasteiger partial charge in [-0.05, 0) is 49.8 Å². The predicted octanol–water partition coefficient (Wildman–Crippen LogP) is 0.856. The molecule has 3 fully saturated rings. The fourth-order valence-electron chi connectivity index (χ4n) is 4.87. The Labute approximate surface area is 178 Å². The van der Waals surface area contributed by atoms with E-state index in [0.29, 0.717) is 5.92 Å². The van der Waals surface area contributed by atoms with Gasteiger partial charge in [-0.3, -0.25) is 4.79 Å². The van der Waals surface area contributed by atoms with Crippen molar-refractivity contribution in [2.75, 3.05) is 12.8 Å². The van der Waals surface area contributed by atoms with Crippen LogP contribution in [0.25, 0.3) is 0 Å². The first kappa shape index (κ1) is 23.3. The fourth-order valence-corrected chi connectivity index (χ4v) is 5.55. The van der Waals surface area contributed by atoms with E-state index in [4.69, 9.17) is 4.74 Å². The second-order valence-corrected chi connectivity index (χ2v) is 10.3. The largest absolute Gasteiger partial charge is 0.388 e. The molecule has 0 aromatic carbocycles. The number of aliphatic hydroxyl groups is 3. The first-order valence-corrected chi connectivity index (χ1v) is 12.4. The van der Waals surface area contributed by atoms with Crippen molar-refractivity contribution in [1.82, 2.24) is 10.6 Å². The average molecular weight is 431 g/mol. The molecule has 5 N–H and O–H groups in total. The van der Waals surface area contributed by atoms with Gasteiger partial charge in [0.15, 0.2) is 0 Å². The molecule has 0 radical (unpaired) electrons. The third-order valence-corrected chi connectivity index (χ3v) is 7.79. The summed E-state index contributed by atoms with van der Waals surface area (Å²) in [5.74, 6) is 1.36. The van der Waals surface area contributed by atoms with Gasteiger partial charge in [0.05, 0.1) is 12.1 Å². The van der Waals surface area contributed by atoms with Crippen LogP contribution in [0.1, 0.15) is 52.4 Å². The van der Waals surface area contributed by atoms with Gasteiger partial charge in [-0.15, -0.1) is 11.8 Å². The quantitative estimate of drug-likeness (QED) is 0.407. The maximum absolute atomic E-state index is 13.0. The van der Waals surface area contributed by atoms with Crippen molar-refractivity contribution in [1.29, 1.82) is 0 Å². The Kier molecular flexibility index (Phi) is 8.26. The minimum Gasteiger partial charge on any atom is -0.388 e. The van der Waals surface area contributed by atoms with Crippen molar-refractivity contribution in [2.24, 2.45) is 17.8 Å². The lowest BCUT2D eigenvalue weighted by molar-refractivity contribution is -0.208. The molecule has 0 aromatic rings. The van der Waals surface area contributed by atoms with E-state index in [1.807, 2.05) is 13.8 Å². The summed E-state index contributed by atoms with van der Waals surface area (Å²) in [4.78, 5) is 13.0. The molecule has 7 nitrogen and oxygen atoms in total. The molecule has 2 saturated heterocycles. The summed E-state index contributed by atoms with van der Waals surface area (Å²) in [7, 11) is 0. The highest BCUT2D eigenvalue weighted by Gasteiger charge is 2.47. The van der Waals surface area contributed by atoms with Gasteiger partial charge in [0, 0.05) is 0 Å². The fraction of sp³-hybridized carbons (Fsp3) is 0.952. The van der Waals surface area contributed by atoms with Gasteiger partial charge < -0.3 is 30.7 Å². The van der Waals surface area contributed by atoms with Crippen molar-refractivity contribution in [3.05, 3.63) is 0 Å². The number of hydrogen-bond donors (Lipinski definition) is 5. The Morgan fingerprint density at radius 2 is 1.86 bits per heavy atom. The number of nitrogens with one attached hydrogen (secondary N) is 2. The van der Waals surface area contributed by atoms with E-state index >= 15 is 0 Å². The lowest BCUT2D eigenvalue weighted by atomic mass is 9.75. The summed E-state index contributed by atoms with van der Waals surface area (Å²) in [6.07, 6.45) is 4.49. The molecule has 168 valence electrons. The van der Waals surface area contributed by atoms with Crippen LogP contribution in [-0.2, 0) is 9.53 Å². The summed E-state index contributed by atoms with van der Waals surface area (Å²) in [6.45, 7) is 4.77. The minimum atomic E-state index is -1.30. The van der Waals surface area contributed by atoms with Crippen LogP contribution in [0.15, 0.2) is 0 Å². The van der Waals surface area contributed by atoms with Gasteiger partial charge in [0.2, 0.25) is 5.91 Å². The van der Waals surface area contributed by atoms with Crippen LogP contribution >= 0.6 is 11.8 Å². The van der Waals surface area contributed by atoms with Gasteiger partial charge in [-0.2, -0.15) is 0 Å². The maximum Gasteiger partial charge on any atom is 0.237 e. The molecule has 1 aliphatic carbocycles. The molecular weight excluding hydrogens is 392 g/mol. The molecule has 8 unspecified atom stereocenters. The molecule has 8 atom stereocenters. The minimum absolute atomic E-state index is 0.00193. The highest BCUT2D eigenvalue weighted by molar-refractivity contribution is 7.99. The van der Waals surface area contributed by atoms with Gasteiger partial charge in [0.25, 0.3) is 0 Å². The van der Waals surface area contributed by atoms with Crippen LogP contribution in [0.5, 0.6) is 0 Å². The van der Waals surface area contributed by atoms with E-state index in [2.05, 4.69) is 10.6 Å². The molecule has 2 aliphatic heterocycles. The van der Waals surface area contributed by atoms with Crippen LogP contribution in [0.4, 0.5) is 0 Å². The Hall–Kier alpha value is -0.380. The summed E-state index contributed by atoms with van der Waals surface area (Å²) in [5.41, 5.74) is -0.642. The monoisotopic (exact) mass is 430 g/mol. The Balaban J connectivity index is 1.62. The second kappa shape index (κ2) is 10.3. The van der Waals surface area contributed by atoms with E-state index in [1.54, 1.807) is 6.26 Å². The molecular formula is C21H38N2O5S. The summed E-state index contributed by atoms with van der Waals surface area (Å²) in [5, 5.41) is 37.3. The highest BCUT2D eigenvalue weighted by atomic mass is 32.2. The molecule has 8 heteroatoms. The van der Waals surface area contributed by atoms with Crippen molar-refractivity contribution in [2.45, 2.75) is 94.3 Å². The van der Waals surface area contributed by atoms with Crippen LogP contribution in [0.3, 0.4) is 0 Å². The molecule has 0 bridgehead atoms. The molecule has 2 heterocycles. The lowest BCUT2D eigenvalue weighted by Gasteiger charge is -2.44. The maximum atomic E-state index is 13.0. The van der Waals surface area contributed by atoms with Crippen molar-refractivity contribution in [3.8, 4) is 0 Å². The van der Waals surface area contributed by atoms with Crippen LogP contribution in [0, 0.1) is 17.8 Å². The third kappa shape index (κ3) is 5.46. The Morgan fingerprint density at radius 1 is 1.14 bits per heavy atom. The number of carbonyl (C=O) groups is 1. The Bertz CT molecular complexity index is 545. The molecule has 1 saturated carbocycles. The number of piperidine rings is 1. The van der Waals surface area contributed by atoms with Gasteiger partial charge in [-0.25, -0.2) is 0 Å². The number of thioether (sulfide) groups is 1. The van der Waals surface area contributed by atoms with Crippen LogP contribution in [0.2, 0.25) is 0 Å². The molecule has 29 heavy (non-hydrogen) atoms. The van der Waals surface area contributed by atoms with E-state index in [1.165, 1.54) is 37.4 Å². The zero-order valence-electron chi connectivity index (χ0n) is 17.8. The second-order valence-electron chi connectivity index (χ2n) is 9.38. The first-order valence-electron chi connectivity index (χ1n) is 11.1. The van der Waals surface area contributed by atoms with E-state index in [0.717, 1.165) is 25.3 Å². The molecule has 3 aliphatic rings. The highest BCUT2D eigenvalue weighted by Crippen LogP contribution is 2.35. The summed E-state index contributed by atoms with van der Waals surface area (Å²) >= 11 is 1.28. The van der Waals surface area contributed by atoms with Crippen molar-refractivity contribution < 1.29 is 24.9 Å². The number of carbonyl (C=O) groups excluding carboxylic acids is 1. The molecule has 1 amide bonds. The van der Waals surface area contributed by atoms with Gasteiger partial charge in [-0.1, -0.05) is 33.1 Å². The predicted molar refractivity (Wildman–Crippen MR) is 113 cm³/mol. The molecule has 0 aromatic heterocycles. The molecule has 3 rings (SSSR count). The van der Waals surface area contributed by atoms with Crippen molar-refractivity contribution in [3.63, 3.8) is 0 Å². The SMILES string of the molecule is CSC1OC(C(NC(=O)C2CC(CC3CCC3)CCN2)C(C)C)C(O)C(O)C1O. The first-order chi connectivity index (χ1) is 13.8. The van der Waals surface area contributed by atoms with Crippen LogP contribution < -0.4 is 10.6 Å². The Morgan fingerprint density at radius 3 is 2.45 bits per heavy atom. The number of ether oxygens (including phenoxy) is 1. The van der Waals surface area contributed by atoms with Crippen molar-refractivity contribution >= 4 is 17.7 Å². The number of amides is 1. The number of aliphatic hydroxyl groups excluding tert-OH is 3. The van der Waals surface area contributed by atoms with E-state index in [-0.39, 0.29) is 17.9 Å². The smallest absolute Gasteiger partial charge is 0.237 e. The van der Waals surface area contributed by atoms with Crippen LogP contribution in [-0.4, -0.2) is 76.0 Å². The summed E-state index contributed by atoms with van der Waals surface area (Å²) < 4.78 is 5.91. The summed E-state index contributed by atoms with van der Waals surface area (Å²) in [6, 6.07) is -0.689. The molecule has 0 spiro atoms. The zero-order valence-corrected chi connectivity index (χ0v) is 18.6.